The molecular formula is C9H10Cl2O. The van der Waals surface area contributed by atoms with Crippen molar-refractivity contribution >= 4 is 28.4 Å². The van der Waals surface area contributed by atoms with Crippen molar-refractivity contribution in [1.29, 1.82) is 0 Å². The van der Waals surface area contributed by atoms with E-state index in [1.54, 1.807) is 6.08 Å². The molecule has 1 atom stereocenters. The number of carbonyl (C=O) groups excluding carboxylic acids is 1. The fraction of sp³-hybridized carbons (Fsp3) is 0.444. The smallest absolute Gasteiger partial charge is 0.233 e. The molecule has 0 N–H and O–H groups in total. The van der Waals surface area contributed by atoms with Crippen molar-refractivity contribution in [1.82, 2.24) is 0 Å². The average molecular weight is 205 g/mol. The van der Waals surface area contributed by atoms with Gasteiger partial charge in [0.1, 0.15) is 0 Å². The predicted molar refractivity (Wildman–Crippen MR) is 51.5 cm³/mol. The Labute approximate surface area is 82.0 Å². The molecule has 1 nitrogen and oxygen atoms in total. The number of rotatable bonds is 2. The maximum Gasteiger partial charge on any atom is 0.233 e. The molecule has 0 fully saturated rings. The zero-order valence-electron chi connectivity index (χ0n) is 6.81. The number of carbonyl (C=O) groups is 1. The van der Waals surface area contributed by atoms with Crippen LogP contribution in [-0.4, -0.2) is 11.1 Å². The molecule has 1 rings (SSSR count). The highest BCUT2D eigenvalue weighted by molar-refractivity contribution is 6.65. The van der Waals surface area contributed by atoms with Gasteiger partial charge in [0.2, 0.25) is 5.24 Å². The lowest BCUT2D eigenvalue weighted by Crippen LogP contribution is -2.29. The van der Waals surface area contributed by atoms with Gasteiger partial charge in [0.25, 0.3) is 0 Å². The van der Waals surface area contributed by atoms with E-state index < -0.39 is 5.41 Å². The van der Waals surface area contributed by atoms with Crippen LogP contribution < -0.4 is 0 Å². The Morgan fingerprint density at radius 1 is 1.75 bits per heavy atom. The van der Waals surface area contributed by atoms with E-state index in [0.29, 0.717) is 6.42 Å². The minimum atomic E-state index is -0.665. The molecule has 0 aliphatic heterocycles. The lowest BCUT2D eigenvalue weighted by Gasteiger charge is -2.26. The summed E-state index contributed by atoms with van der Waals surface area (Å²) in [7, 11) is 0. The Hall–Kier alpha value is -0.270. The Morgan fingerprint density at radius 3 is 2.75 bits per heavy atom. The van der Waals surface area contributed by atoms with Crippen LogP contribution in [0.25, 0.3) is 0 Å². The first-order chi connectivity index (χ1) is 5.60. The molecule has 0 amide bonds. The van der Waals surface area contributed by atoms with Gasteiger partial charge in [-0.25, -0.2) is 0 Å². The maximum atomic E-state index is 11.1. The van der Waals surface area contributed by atoms with E-state index in [-0.39, 0.29) is 11.1 Å². The van der Waals surface area contributed by atoms with Gasteiger partial charge < -0.3 is 0 Å². The highest BCUT2D eigenvalue weighted by Gasteiger charge is 2.34. The Balaban J connectivity index is 2.92. The molecule has 1 unspecified atom stereocenters. The largest absolute Gasteiger partial charge is 0.280 e. The molecular weight excluding hydrogens is 195 g/mol. The molecule has 0 saturated carbocycles. The van der Waals surface area contributed by atoms with Gasteiger partial charge in [0.05, 0.1) is 5.41 Å². The SMILES string of the molecule is CC1=CC=CC(CCl)(C(=O)Cl)C1. The second kappa shape index (κ2) is 3.63. The molecule has 1 aliphatic carbocycles. The second-order valence-electron chi connectivity index (χ2n) is 3.11. The van der Waals surface area contributed by atoms with Gasteiger partial charge in [-0.2, -0.15) is 0 Å². The zero-order valence-corrected chi connectivity index (χ0v) is 8.32. The standard InChI is InChI=1S/C9H10Cl2O/c1-7-3-2-4-9(5-7,6-10)8(11)12/h2-4H,5-6H2,1H3. The van der Waals surface area contributed by atoms with Crippen LogP contribution in [0, 0.1) is 5.41 Å². The molecule has 0 saturated heterocycles. The Bertz CT molecular complexity index is 255. The molecule has 0 radical (unpaired) electrons. The van der Waals surface area contributed by atoms with Crippen LogP contribution >= 0.6 is 23.2 Å². The number of hydrogen-bond donors (Lipinski definition) is 0. The van der Waals surface area contributed by atoms with E-state index in [4.69, 9.17) is 23.2 Å². The highest BCUT2D eigenvalue weighted by Crippen LogP contribution is 2.34. The van der Waals surface area contributed by atoms with E-state index in [1.165, 1.54) is 0 Å². The van der Waals surface area contributed by atoms with Crippen LogP contribution in [-0.2, 0) is 4.79 Å². The lowest BCUT2D eigenvalue weighted by atomic mass is 9.81. The minimum absolute atomic E-state index is 0.247. The third-order valence-electron chi connectivity index (χ3n) is 2.02. The fourth-order valence-electron chi connectivity index (χ4n) is 1.29. The molecule has 0 heterocycles. The Morgan fingerprint density at radius 2 is 2.42 bits per heavy atom. The quantitative estimate of drug-likeness (QED) is 0.500. The van der Waals surface area contributed by atoms with Crippen LogP contribution in [0.1, 0.15) is 13.3 Å². The van der Waals surface area contributed by atoms with Gasteiger partial charge in [0, 0.05) is 5.88 Å². The predicted octanol–water partition coefficient (Wildman–Crippen LogP) is 2.88. The highest BCUT2D eigenvalue weighted by atomic mass is 35.5. The molecule has 12 heavy (non-hydrogen) atoms. The summed E-state index contributed by atoms with van der Waals surface area (Å²) in [6.45, 7) is 1.96. The van der Waals surface area contributed by atoms with Gasteiger partial charge >= 0.3 is 0 Å². The summed E-state index contributed by atoms with van der Waals surface area (Å²) < 4.78 is 0. The summed E-state index contributed by atoms with van der Waals surface area (Å²) in [5.74, 6) is 0.247. The van der Waals surface area contributed by atoms with E-state index >= 15 is 0 Å². The van der Waals surface area contributed by atoms with Crippen molar-refractivity contribution in [2.75, 3.05) is 5.88 Å². The lowest BCUT2D eigenvalue weighted by molar-refractivity contribution is -0.117. The molecule has 0 aromatic carbocycles. The van der Waals surface area contributed by atoms with Crippen molar-refractivity contribution in [3.8, 4) is 0 Å². The van der Waals surface area contributed by atoms with Gasteiger partial charge in [-0.05, 0) is 24.9 Å². The van der Waals surface area contributed by atoms with Crippen LogP contribution in [0.2, 0.25) is 0 Å². The van der Waals surface area contributed by atoms with Crippen molar-refractivity contribution in [3.05, 3.63) is 23.8 Å². The van der Waals surface area contributed by atoms with E-state index in [0.717, 1.165) is 5.57 Å². The van der Waals surface area contributed by atoms with Crippen molar-refractivity contribution in [2.24, 2.45) is 5.41 Å². The van der Waals surface area contributed by atoms with Crippen LogP contribution in [0.3, 0.4) is 0 Å². The first-order valence-corrected chi connectivity index (χ1v) is 4.63. The normalized spacial score (nSPS) is 28.4. The van der Waals surface area contributed by atoms with Crippen molar-refractivity contribution in [2.45, 2.75) is 13.3 Å². The molecule has 0 aromatic heterocycles. The first-order valence-electron chi connectivity index (χ1n) is 3.72. The first kappa shape index (κ1) is 9.82. The van der Waals surface area contributed by atoms with Crippen LogP contribution in [0.15, 0.2) is 23.8 Å². The molecule has 0 aromatic rings. The topological polar surface area (TPSA) is 17.1 Å². The van der Waals surface area contributed by atoms with Crippen molar-refractivity contribution in [3.63, 3.8) is 0 Å². The minimum Gasteiger partial charge on any atom is -0.280 e. The third-order valence-corrected chi connectivity index (χ3v) is 2.87. The second-order valence-corrected chi connectivity index (χ2v) is 3.72. The summed E-state index contributed by atoms with van der Waals surface area (Å²) in [6.07, 6.45) is 6.21. The van der Waals surface area contributed by atoms with Gasteiger partial charge in [0.15, 0.2) is 0 Å². The Kier molecular flexibility index (Phi) is 2.97. The number of allylic oxidation sites excluding steroid dienone is 4. The molecule has 1 aliphatic rings. The van der Waals surface area contributed by atoms with Crippen molar-refractivity contribution < 1.29 is 4.79 Å². The molecule has 0 bridgehead atoms. The van der Waals surface area contributed by atoms with E-state index in [2.05, 4.69) is 0 Å². The number of hydrogen-bond acceptors (Lipinski definition) is 1. The van der Waals surface area contributed by atoms with Crippen LogP contribution in [0.5, 0.6) is 0 Å². The van der Waals surface area contributed by atoms with Crippen LogP contribution in [0.4, 0.5) is 0 Å². The van der Waals surface area contributed by atoms with E-state index in [1.807, 2.05) is 19.1 Å². The molecule has 3 heteroatoms. The molecule has 0 spiro atoms. The summed E-state index contributed by atoms with van der Waals surface area (Å²) in [6, 6.07) is 0. The third kappa shape index (κ3) is 1.73. The van der Waals surface area contributed by atoms with Gasteiger partial charge in [-0.1, -0.05) is 23.8 Å². The average Bonchev–Trinajstić information content (AvgIpc) is 2.04. The summed E-state index contributed by atoms with van der Waals surface area (Å²) in [4.78, 5) is 11.1. The summed E-state index contributed by atoms with van der Waals surface area (Å²) in [5, 5.41) is -0.374. The summed E-state index contributed by atoms with van der Waals surface area (Å²) >= 11 is 11.2. The zero-order chi connectivity index (χ0) is 9.19. The van der Waals surface area contributed by atoms with Gasteiger partial charge in [-0.15, -0.1) is 11.6 Å². The van der Waals surface area contributed by atoms with E-state index in [9.17, 15) is 4.79 Å². The van der Waals surface area contributed by atoms with Gasteiger partial charge in [-0.3, -0.25) is 4.79 Å². The maximum absolute atomic E-state index is 11.1. The number of alkyl halides is 1. The fourth-order valence-corrected chi connectivity index (χ4v) is 1.86. The summed E-state index contributed by atoms with van der Waals surface area (Å²) in [5.41, 5.74) is 0.467. The number of halogens is 2. The molecule has 66 valence electrons. The monoisotopic (exact) mass is 204 g/mol.